The molecule has 0 aliphatic heterocycles. The lowest BCUT2D eigenvalue weighted by Gasteiger charge is -2.16. The van der Waals surface area contributed by atoms with Crippen molar-refractivity contribution in [2.75, 3.05) is 0 Å². The predicted molar refractivity (Wildman–Crippen MR) is 122 cm³/mol. The average molecular weight is 439 g/mol. The van der Waals surface area contributed by atoms with Crippen LogP contribution in [-0.4, -0.2) is 28.9 Å². The zero-order valence-corrected chi connectivity index (χ0v) is 17.9. The number of carboxylic acids is 1. The van der Waals surface area contributed by atoms with Crippen LogP contribution in [0.4, 0.5) is 0 Å². The maximum absolute atomic E-state index is 12.2. The minimum atomic E-state index is -1.03. The Hall–Kier alpha value is -3.19. The molecule has 0 radical (unpaired) electrons. The highest BCUT2D eigenvalue weighted by atomic mass is 32.1. The van der Waals surface area contributed by atoms with E-state index in [1.165, 1.54) is 16.0 Å². The van der Waals surface area contributed by atoms with E-state index in [0.29, 0.717) is 12.3 Å². The van der Waals surface area contributed by atoms with Gasteiger partial charge >= 0.3 is 5.97 Å². The zero-order valence-electron chi connectivity index (χ0n) is 17.1. The predicted octanol–water partition coefficient (Wildman–Crippen LogP) is 4.00. The van der Waals surface area contributed by atoms with Crippen molar-refractivity contribution < 1.29 is 19.5 Å². The number of nitrogens with one attached hydrogen (secondary N) is 1. The lowest BCUT2D eigenvalue weighted by atomic mass is 9.93. The summed E-state index contributed by atoms with van der Waals surface area (Å²) in [6.07, 6.45) is 7.80. The third-order valence-electron chi connectivity index (χ3n) is 5.24. The summed E-state index contributed by atoms with van der Waals surface area (Å²) < 4.78 is 0. The molecule has 2 atom stereocenters. The molecule has 3 rings (SSSR count). The molecule has 6 nitrogen and oxygen atoms in total. The number of carbonyl (C=O) groups excluding carboxylic acids is 2. The number of carbonyl (C=O) groups is 3. The van der Waals surface area contributed by atoms with E-state index in [-0.39, 0.29) is 25.2 Å². The van der Waals surface area contributed by atoms with Gasteiger partial charge in [0, 0.05) is 23.6 Å². The van der Waals surface area contributed by atoms with Crippen LogP contribution in [0.3, 0.4) is 0 Å². The van der Waals surface area contributed by atoms with Gasteiger partial charge < -0.3 is 16.2 Å². The second-order valence-corrected chi connectivity index (χ2v) is 8.48. The monoisotopic (exact) mass is 438 g/mol. The molecule has 1 aliphatic rings. The summed E-state index contributed by atoms with van der Waals surface area (Å²) in [4.78, 5) is 35.5. The third kappa shape index (κ3) is 6.65. The van der Waals surface area contributed by atoms with E-state index in [9.17, 15) is 14.4 Å². The van der Waals surface area contributed by atoms with Crippen molar-refractivity contribution in [3.63, 3.8) is 0 Å². The first-order valence-electron chi connectivity index (χ1n) is 10.2. The van der Waals surface area contributed by atoms with Gasteiger partial charge in [0.25, 0.3) is 0 Å². The quantitative estimate of drug-likeness (QED) is 0.521. The summed E-state index contributed by atoms with van der Waals surface area (Å²) in [7, 11) is 0. The lowest BCUT2D eigenvalue weighted by Crippen LogP contribution is -2.44. The topological polar surface area (TPSA) is 109 Å². The summed E-state index contributed by atoms with van der Waals surface area (Å²) in [5.74, 6) is -1.74. The van der Waals surface area contributed by atoms with E-state index in [4.69, 9.17) is 10.8 Å². The Bertz CT molecular complexity index is 994. The number of benzene rings is 1. The van der Waals surface area contributed by atoms with Gasteiger partial charge in [-0.1, -0.05) is 54.1 Å². The van der Waals surface area contributed by atoms with E-state index in [1.54, 1.807) is 11.3 Å². The van der Waals surface area contributed by atoms with Gasteiger partial charge in [-0.2, -0.15) is 0 Å². The van der Waals surface area contributed by atoms with Gasteiger partial charge in [0.2, 0.25) is 11.8 Å². The van der Waals surface area contributed by atoms with Crippen LogP contribution in [0.1, 0.15) is 42.9 Å². The van der Waals surface area contributed by atoms with Crippen LogP contribution in [0, 0.1) is 0 Å². The van der Waals surface area contributed by atoms with Crippen LogP contribution in [-0.2, 0) is 14.4 Å². The van der Waals surface area contributed by atoms with Gasteiger partial charge in [-0.25, -0.2) is 0 Å². The molecule has 0 saturated heterocycles. The Morgan fingerprint density at radius 1 is 1.16 bits per heavy atom. The second-order valence-electron chi connectivity index (χ2n) is 7.54. The third-order valence-corrected chi connectivity index (χ3v) is 6.30. The average Bonchev–Trinajstić information content (AvgIpc) is 3.26. The van der Waals surface area contributed by atoms with Gasteiger partial charge in [-0.15, -0.1) is 11.3 Å². The highest BCUT2D eigenvalue weighted by Gasteiger charge is 2.20. The number of amides is 2. The van der Waals surface area contributed by atoms with Crippen LogP contribution in [0.2, 0.25) is 0 Å². The number of aliphatic carboxylic acids is 1. The number of primary amides is 1. The molecule has 0 bridgehead atoms. The fourth-order valence-corrected chi connectivity index (χ4v) is 4.48. The molecule has 7 heteroatoms. The fourth-order valence-electron chi connectivity index (χ4n) is 3.47. The van der Waals surface area contributed by atoms with Crippen molar-refractivity contribution in [3.05, 3.63) is 70.5 Å². The van der Waals surface area contributed by atoms with Crippen LogP contribution in [0.5, 0.6) is 0 Å². The van der Waals surface area contributed by atoms with E-state index >= 15 is 0 Å². The van der Waals surface area contributed by atoms with E-state index in [2.05, 4.69) is 47.1 Å². The highest BCUT2D eigenvalue weighted by Crippen LogP contribution is 2.35. The second kappa shape index (κ2) is 10.7. The Labute approximate surface area is 185 Å². The van der Waals surface area contributed by atoms with Gasteiger partial charge in [0.1, 0.15) is 6.04 Å². The molecular weight excluding hydrogens is 412 g/mol. The molecule has 1 heterocycles. The fraction of sp³-hybridized carbons (Fsp3) is 0.292. The van der Waals surface area contributed by atoms with Crippen molar-refractivity contribution in [2.45, 2.75) is 44.1 Å². The van der Waals surface area contributed by atoms with Crippen LogP contribution >= 0.6 is 11.3 Å². The Balaban J connectivity index is 1.48. The first-order valence-corrected chi connectivity index (χ1v) is 11.1. The first kappa shape index (κ1) is 22.5. The molecule has 1 aromatic carbocycles. The number of thiophene rings is 1. The van der Waals surface area contributed by atoms with E-state index in [0.717, 1.165) is 12.0 Å². The number of carboxylic acid groups (broad SMARTS) is 1. The summed E-state index contributed by atoms with van der Waals surface area (Å²) in [5, 5.41) is 13.5. The first-order chi connectivity index (χ1) is 14.9. The molecular formula is C24H26N2O4S. The minimum Gasteiger partial charge on any atom is -0.481 e. The van der Waals surface area contributed by atoms with Crippen LogP contribution < -0.4 is 11.1 Å². The molecule has 31 heavy (non-hydrogen) atoms. The van der Waals surface area contributed by atoms with Gasteiger partial charge in [-0.3, -0.25) is 14.4 Å². The largest absolute Gasteiger partial charge is 0.481 e. The van der Waals surface area contributed by atoms with Gasteiger partial charge in [-0.05, 0) is 41.8 Å². The van der Waals surface area contributed by atoms with Gasteiger partial charge in [0.15, 0.2) is 0 Å². The van der Waals surface area contributed by atoms with Crippen LogP contribution in [0.25, 0.3) is 11.1 Å². The van der Waals surface area contributed by atoms with E-state index in [1.807, 2.05) is 18.2 Å². The molecule has 0 unspecified atom stereocenters. The summed E-state index contributed by atoms with van der Waals surface area (Å²) in [6, 6.07) is 11.6. The maximum Gasteiger partial charge on any atom is 0.303 e. The summed E-state index contributed by atoms with van der Waals surface area (Å²) in [6.45, 7) is 0. The molecule has 162 valence electrons. The normalized spacial score (nSPS) is 16.4. The SMILES string of the molecule is NC(=O)[C@H](CCC(=O)O)NC(=O)CCC1=CC[C@@H](c2cc(-c3ccccc3)cs2)C=C1. The number of hydrogen-bond acceptors (Lipinski definition) is 4. The summed E-state index contributed by atoms with van der Waals surface area (Å²) in [5.41, 5.74) is 8.77. The molecule has 0 saturated carbocycles. The number of hydrogen-bond donors (Lipinski definition) is 3. The Morgan fingerprint density at radius 2 is 1.94 bits per heavy atom. The Kier molecular flexibility index (Phi) is 7.78. The standard InChI is InChI=1S/C24H26N2O4S/c25-24(30)20(11-13-23(28)29)26-22(27)12-8-16-6-9-18(10-7-16)21-14-19(15-31-21)17-4-2-1-3-5-17/h1-7,9,14-15,18,20H,8,10-13H2,(H2,25,30)(H,26,27)(H,28,29)/t18-,20-/m0/s1. The molecule has 4 N–H and O–H groups in total. The van der Waals surface area contributed by atoms with Crippen molar-refractivity contribution in [3.8, 4) is 11.1 Å². The molecule has 1 aliphatic carbocycles. The van der Waals surface area contributed by atoms with Crippen molar-refractivity contribution in [1.29, 1.82) is 0 Å². The zero-order chi connectivity index (χ0) is 22.2. The smallest absolute Gasteiger partial charge is 0.303 e. The molecule has 0 spiro atoms. The molecule has 2 amide bonds. The maximum atomic E-state index is 12.2. The summed E-state index contributed by atoms with van der Waals surface area (Å²) >= 11 is 1.76. The van der Waals surface area contributed by atoms with Crippen molar-refractivity contribution >= 4 is 29.1 Å². The van der Waals surface area contributed by atoms with E-state index < -0.39 is 17.9 Å². The van der Waals surface area contributed by atoms with Gasteiger partial charge in [0.05, 0.1) is 0 Å². The Morgan fingerprint density at radius 3 is 2.58 bits per heavy atom. The van der Waals surface area contributed by atoms with Crippen LogP contribution in [0.15, 0.2) is 65.6 Å². The molecule has 0 fully saturated rings. The minimum absolute atomic E-state index is 0.00747. The van der Waals surface area contributed by atoms with Crippen molar-refractivity contribution in [1.82, 2.24) is 5.32 Å². The lowest BCUT2D eigenvalue weighted by molar-refractivity contribution is -0.137. The van der Waals surface area contributed by atoms with Crippen molar-refractivity contribution in [2.24, 2.45) is 5.73 Å². The number of rotatable bonds is 10. The highest BCUT2D eigenvalue weighted by molar-refractivity contribution is 7.10. The molecule has 1 aromatic heterocycles. The molecule has 2 aromatic rings. The number of nitrogens with two attached hydrogens (primary N) is 1. The number of allylic oxidation sites excluding steroid dienone is 4.